The van der Waals surface area contributed by atoms with Crippen LogP contribution >= 0.6 is 11.6 Å². The van der Waals surface area contributed by atoms with Crippen molar-refractivity contribution in [3.8, 4) is 17.2 Å². The van der Waals surface area contributed by atoms with Gasteiger partial charge in [0.1, 0.15) is 5.75 Å². The van der Waals surface area contributed by atoms with Crippen LogP contribution in [0.25, 0.3) is 0 Å². The highest BCUT2D eigenvalue weighted by atomic mass is 35.5. The molecule has 1 amide bonds. The molecular formula is C19H18ClN3O8. The number of non-ortho nitro benzene ring substituents is 1. The Labute approximate surface area is 181 Å². The lowest BCUT2D eigenvalue weighted by atomic mass is 10.1. The predicted molar refractivity (Wildman–Crippen MR) is 110 cm³/mol. The summed E-state index contributed by atoms with van der Waals surface area (Å²) >= 11 is 6.18. The molecule has 2 aromatic carbocycles. The predicted octanol–water partition coefficient (Wildman–Crippen LogP) is 2.58. The van der Waals surface area contributed by atoms with E-state index in [-0.39, 0.29) is 40.1 Å². The van der Waals surface area contributed by atoms with Crippen molar-refractivity contribution in [1.29, 1.82) is 0 Å². The van der Waals surface area contributed by atoms with Gasteiger partial charge in [-0.15, -0.1) is 0 Å². The molecule has 0 saturated carbocycles. The first-order chi connectivity index (χ1) is 14.8. The van der Waals surface area contributed by atoms with Crippen LogP contribution in [0.3, 0.4) is 0 Å². The zero-order chi connectivity index (χ0) is 23.0. The van der Waals surface area contributed by atoms with Gasteiger partial charge in [-0.2, -0.15) is 5.10 Å². The second-order valence-corrected chi connectivity index (χ2v) is 6.15. The van der Waals surface area contributed by atoms with Gasteiger partial charge in [0, 0.05) is 12.1 Å². The summed E-state index contributed by atoms with van der Waals surface area (Å²) in [6.45, 7) is -0.360. The van der Waals surface area contributed by atoms with Gasteiger partial charge in [0.15, 0.2) is 18.1 Å². The molecule has 0 bridgehead atoms. The Hall–Kier alpha value is -3.86. The lowest BCUT2D eigenvalue weighted by Gasteiger charge is -2.12. The second kappa shape index (κ2) is 10.8. The summed E-state index contributed by atoms with van der Waals surface area (Å²) in [4.78, 5) is 33.9. The summed E-state index contributed by atoms with van der Waals surface area (Å²) < 4.78 is 20.1. The van der Waals surface area contributed by atoms with Gasteiger partial charge in [0.25, 0.3) is 11.6 Å². The molecule has 0 saturated heterocycles. The lowest BCUT2D eigenvalue weighted by molar-refractivity contribution is -0.384. The van der Waals surface area contributed by atoms with Gasteiger partial charge in [-0.3, -0.25) is 14.9 Å². The maximum atomic E-state index is 12.4. The minimum absolute atomic E-state index is 0.0592. The van der Waals surface area contributed by atoms with E-state index in [1.165, 1.54) is 51.8 Å². The number of hydrazone groups is 1. The molecule has 0 unspecified atom stereocenters. The van der Waals surface area contributed by atoms with E-state index in [2.05, 4.69) is 15.3 Å². The van der Waals surface area contributed by atoms with Gasteiger partial charge in [0.05, 0.1) is 43.1 Å². The van der Waals surface area contributed by atoms with Crippen molar-refractivity contribution in [2.45, 2.75) is 0 Å². The van der Waals surface area contributed by atoms with Crippen LogP contribution in [0, 0.1) is 10.1 Å². The number of nitrogens with one attached hydrogen (secondary N) is 1. The van der Waals surface area contributed by atoms with Crippen molar-refractivity contribution in [2.75, 3.05) is 27.9 Å². The molecule has 0 atom stereocenters. The largest absolute Gasteiger partial charge is 0.496 e. The Morgan fingerprint density at radius 3 is 2.48 bits per heavy atom. The van der Waals surface area contributed by atoms with E-state index in [4.69, 9.17) is 25.8 Å². The van der Waals surface area contributed by atoms with Crippen LogP contribution in [-0.2, 0) is 9.53 Å². The number of nitro benzene ring substituents is 1. The van der Waals surface area contributed by atoms with Crippen LogP contribution in [-0.4, -0.2) is 51.0 Å². The number of carbonyl (C=O) groups excluding carboxylic acids is 2. The number of benzene rings is 2. The number of halogens is 1. The van der Waals surface area contributed by atoms with Crippen LogP contribution in [0.5, 0.6) is 17.2 Å². The molecule has 0 fully saturated rings. The molecule has 164 valence electrons. The SMILES string of the molecule is COC(=O)COc1c(Cl)cc(/C=N\NC(=O)c2cc([N+](=O)[O-])ccc2OC)cc1OC. The third kappa shape index (κ3) is 6.06. The molecule has 0 aliphatic carbocycles. The average Bonchev–Trinajstić information content (AvgIpc) is 2.76. The fraction of sp³-hybridized carbons (Fsp3) is 0.211. The third-order valence-corrected chi connectivity index (χ3v) is 4.11. The van der Waals surface area contributed by atoms with E-state index < -0.39 is 16.8 Å². The standard InChI is InChI=1S/C19H18ClN3O8/c1-28-15-5-4-12(23(26)27)8-13(15)19(25)22-21-9-11-6-14(20)18(16(7-11)29-2)31-10-17(24)30-3/h4-9H,10H2,1-3H3,(H,22,25)/b21-9-. The number of hydrogen-bond donors (Lipinski definition) is 1. The summed E-state index contributed by atoms with van der Waals surface area (Å²) in [5.41, 5.74) is 2.37. The smallest absolute Gasteiger partial charge is 0.343 e. The highest BCUT2D eigenvalue weighted by Gasteiger charge is 2.17. The average molecular weight is 452 g/mol. The molecule has 0 aliphatic rings. The van der Waals surface area contributed by atoms with Gasteiger partial charge < -0.3 is 18.9 Å². The van der Waals surface area contributed by atoms with Gasteiger partial charge in [-0.1, -0.05) is 11.6 Å². The minimum atomic E-state index is -0.715. The van der Waals surface area contributed by atoms with Gasteiger partial charge in [-0.25, -0.2) is 10.2 Å². The Balaban J connectivity index is 2.18. The molecule has 2 rings (SSSR count). The molecule has 0 aromatic heterocycles. The fourth-order valence-corrected chi connectivity index (χ4v) is 2.63. The Bertz CT molecular complexity index is 1030. The molecule has 0 heterocycles. The monoisotopic (exact) mass is 451 g/mol. The molecule has 0 radical (unpaired) electrons. The van der Waals surface area contributed by atoms with Crippen LogP contribution in [0.2, 0.25) is 5.02 Å². The summed E-state index contributed by atoms with van der Waals surface area (Å²) in [5.74, 6) is -0.798. The van der Waals surface area contributed by atoms with Gasteiger partial charge >= 0.3 is 5.97 Å². The first-order valence-electron chi connectivity index (χ1n) is 8.53. The zero-order valence-corrected chi connectivity index (χ0v) is 17.5. The van der Waals surface area contributed by atoms with Crippen molar-refractivity contribution < 1.29 is 33.5 Å². The van der Waals surface area contributed by atoms with E-state index >= 15 is 0 Å². The van der Waals surface area contributed by atoms with Crippen molar-refractivity contribution in [3.63, 3.8) is 0 Å². The van der Waals surface area contributed by atoms with Crippen molar-refractivity contribution >= 4 is 35.4 Å². The molecule has 12 heteroatoms. The number of nitro groups is 1. The number of methoxy groups -OCH3 is 3. The molecule has 1 N–H and O–H groups in total. The fourth-order valence-electron chi connectivity index (χ4n) is 2.36. The summed E-state index contributed by atoms with van der Waals surface area (Å²) in [5, 5.41) is 14.9. The number of nitrogens with zero attached hydrogens (tertiary/aromatic N) is 2. The van der Waals surface area contributed by atoms with E-state index in [1.807, 2.05) is 0 Å². The second-order valence-electron chi connectivity index (χ2n) is 5.74. The molecule has 0 aliphatic heterocycles. The van der Waals surface area contributed by atoms with E-state index in [1.54, 1.807) is 0 Å². The lowest BCUT2D eigenvalue weighted by Crippen LogP contribution is -2.18. The van der Waals surface area contributed by atoms with Crippen LogP contribution < -0.4 is 19.6 Å². The van der Waals surface area contributed by atoms with Gasteiger partial charge in [-0.05, 0) is 23.8 Å². The number of ether oxygens (including phenoxy) is 4. The zero-order valence-electron chi connectivity index (χ0n) is 16.7. The first-order valence-corrected chi connectivity index (χ1v) is 8.91. The van der Waals surface area contributed by atoms with Crippen molar-refractivity contribution in [1.82, 2.24) is 5.43 Å². The van der Waals surface area contributed by atoms with Crippen molar-refractivity contribution in [2.24, 2.45) is 5.10 Å². The van der Waals surface area contributed by atoms with Crippen LogP contribution in [0.15, 0.2) is 35.4 Å². The molecular weight excluding hydrogens is 434 g/mol. The van der Waals surface area contributed by atoms with Crippen molar-refractivity contribution in [3.05, 3.63) is 56.6 Å². The highest BCUT2D eigenvalue weighted by Crippen LogP contribution is 2.36. The summed E-state index contributed by atoms with van der Waals surface area (Å²) in [6, 6.07) is 6.60. The van der Waals surface area contributed by atoms with Crippen LogP contribution in [0.1, 0.15) is 15.9 Å². The van der Waals surface area contributed by atoms with E-state index in [0.29, 0.717) is 5.56 Å². The first kappa shape index (κ1) is 23.4. The number of carbonyl (C=O) groups is 2. The number of esters is 1. The number of amides is 1. The van der Waals surface area contributed by atoms with E-state index in [9.17, 15) is 19.7 Å². The minimum Gasteiger partial charge on any atom is -0.496 e. The Kier molecular flexibility index (Phi) is 8.15. The Morgan fingerprint density at radius 2 is 1.87 bits per heavy atom. The normalized spacial score (nSPS) is 10.5. The van der Waals surface area contributed by atoms with Gasteiger partial charge in [0.2, 0.25) is 0 Å². The summed E-state index contributed by atoms with van der Waals surface area (Å²) in [7, 11) is 3.94. The molecule has 31 heavy (non-hydrogen) atoms. The molecule has 2 aromatic rings. The highest BCUT2D eigenvalue weighted by molar-refractivity contribution is 6.32. The quantitative estimate of drug-likeness (QED) is 0.265. The van der Waals surface area contributed by atoms with E-state index in [0.717, 1.165) is 6.07 Å². The number of rotatable bonds is 9. The maximum Gasteiger partial charge on any atom is 0.343 e. The topological polar surface area (TPSA) is 139 Å². The maximum absolute atomic E-state index is 12.4. The van der Waals surface area contributed by atoms with Crippen LogP contribution in [0.4, 0.5) is 5.69 Å². The Morgan fingerprint density at radius 1 is 1.16 bits per heavy atom. The molecule has 0 spiro atoms. The third-order valence-electron chi connectivity index (χ3n) is 3.83. The molecule has 11 nitrogen and oxygen atoms in total. The summed E-state index contributed by atoms with van der Waals surface area (Å²) in [6.07, 6.45) is 1.28. The number of hydrogen-bond acceptors (Lipinski definition) is 9.